The second-order valence-electron chi connectivity index (χ2n) is 22.4. The van der Waals surface area contributed by atoms with Gasteiger partial charge in [0.2, 0.25) is 23.6 Å². The van der Waals surface area contributed by atoms with Gasteiger partial charge in [-0.25, -0.2) is 0 Å². The van der Waals surface area contributed by atoms with Gasteiger partial charge in [-0.05, 0) is 51.4 Å². The summed E-state index contributed by atoms with van der Waals surface area (Å²) in [5.41, 5.74) is -0.448. The van der Waals surface area contributed by atoms with Gasteiger partial charge >= 0.3 is 0 Å². The van der Waals surface area contributed by atoms with E-state index in [1.165, 1.54) is 13.0 Å². The summed E-state index contributed by atoms with van der Waals surface area (Å²) in [5.74, 6) is 1.05. The molecule has 0 aromatic carbocycles. The SMILES string of the molecule is CCC(C)(C)C(=O)NCCCC[N+](C)(C)C.CCC(C)(C)C(=O)NCCC[N+](C)(C)C.CCC(C)C(=O)NCCCC[N+](C)(C)C.CCC(C)C(=O)NCCC[N+](C)(C)C.[Cl-].[Cl-].[Cl-].[Cl-]. The van der Waals surface area contributed by atoms with E-state index in [0.29, 0.717) is 0 Å². The maximum absolute atomic E-state index is 11.7. The third kappa shape index (κ3) is 55.2. The Morgan fingerprint density at radius 1 is 0.391 bits per heavy atom. The molecular formula is C48H108Cl4N8O4. The number of carbonyl (C=O) groups is 4. The van der Waals surface area contributed by atoms with Crippen molar-refractivity contribution in [3.63, 3.8) is 0 Å². The molecule has 12 nitrogen and oxygen atoms in total. The number of halogens is 4. The highest BCUT2D eigenvalue weighted by Gasteiger charge is 2.25. The molecule has 0 saturated carbocycles. The lowest BCUT2D eigenvalue weighted by atomic mass is 9.89. The average Bonchev–Trinajstić information content (AvgIpc) is 3.12. The van der Waals surface area contributed by atoms with Crippen molar-refractivity contribution in [1.29, 1.82) is 0 Å². The number of quaternary nitrogens is 4. The normalized spacial score (nSPS) is 12.3. The van der Waals surface area contributed by atoms with Gasteiger partial charge in [0.1, 0.15) is 0 Å². The molecule has 0 aromatic rings. The van der Waals surface area contributed by atoms with E-state index in [1.807, 2.05) is 62.3 Å². The summed E-state index contributed by atoms with van der Waals surface area (Å²) in [5, 5.41) is 11.9. The van der Waals surface area contributed by atoms with Crippen molar-refractivity contribution in [2.45, 2.75) is 133 Å². The van der Waals surface area contributed by atoms with Crippen LogP contribution in [0.1, 0.15) is 133 Å². The van der Waals surface area contributed by atoms with Gasteiger partial charge in [-0.2, -0.15) is 0 Å². The first-order valence-electron chi connectivity index (χ1n) is 23.4. The van der Waals surface area contributed by atoms with Crippen LogP contribution >= 0.6 is 0 Å². The van der Waals surface area contributed by atoms with Gasteiger partial charge < -0.3 is 88.8 Å². The Morgan fingerprint density at radius 2 is 0.609 bits per heavy atom. The largest absolute Gasteiger partial charge is 1.00 e. The minimum absolute atomic E-state index is 0. The lowest BCUT2D eigenvalue weighted by molar-refractivity contribution is -0.870. The molecule has 64 heavy (non-hydrogen) atoms. The highest BCUT2D eigenvalue weighted by atomic mass is 35.5. The molecule has 0 heterocycles. The summed E-state index contributed by atoms with van der Waals surface area (Å²) in [6.07, 6.45) is 10.2. The zero-order valence-corrected chi connectivity index (χ0v) is 48.8. The number of hydrogen-bond acceptors (Lipinski definition) is 4. The van der Waals surface area contributed by atoms with Crippen molar-refractivity contribution in [3.8, 4) is 0 Å². The zero-order chi connectivity index (χ0) is 48.0. The first kappa shape index (κ1) is 79.9. The van der Waals surface area contributed by atoms with Crippen LogP contribution in [0.3, 0.4) is 0 Å². The van der Waals surface area contributed by atoms with Gasteiger partial charge in [-0.15, -0.1) is 0 Å². The maximum atomic E-state index is 11.7. The molecule has 0 spiro atoms. The number of unbranched alkanes of at least 4 members (excludes halogenated alkanes) is 2. The predicted octanol–water partition coefficient (Wildman–Crippen LogP) is -5.44. The Bertz CT molecular complexity index is 1150. The van der Waals surface area contributed by atoms with E-state index in [1.54, 1.807) is 0 Å². The molecule has 2 unspecified atom stereocenters. The van der Waals surface area contributed by atoms with Crippen molar-refractivity contribution in [2.24, 2.45) is 22.7 Å². The molecule has 4 N–H and O–H groups in total. The minimum Gasteiger partial charge on any atom is -1.00 e. The molecule has 0 aliphatic rings. The Kier molecular flexibility index (Phi) is 51.1. The summed E-state index contributed by atoms with van der Waals surface area (Å²) in [6.45, 7) is 27.8. The molecule has 4 amide bonds. The van der Waals surface area contributed by atoms with E-state index in [9.17, 15) is 19.2 Å². The topological polar surface area (TPSA) is 116 Å². The summed E-state index contributed by atoms with van der Waals surface area (Å²) < 4.78 is 3.90. The Morgan fingerprint density at radius 3 is 0.844 bits per heavy atom. The smallest absolute Gasteiger partial charge is 0.225 e. The highest BCUT2D eigenvalue weighted by Crippen LogP contribution is 2.20. The number of nitrogens with one attached hydrogen (secondary N) is 4. The van der Waals surface area contributed by atoms with Crippen LogP contribution in [-0.4, -0.2) is 178 Å². The Hall–Kier alpha value is -1.12. The molecule has 392 valence electrons. The van der Waals surface area contributed by atoms with Crippen LogP contribution in [0.5, 0.6) is 0 Å². The van der Waals surface area contributed by atoms with Crippen LogP contribution < -0.4 is 70.9 Å². The van der Waals surface area contributed by atoms with Gasteiger partial charge in [0.15, 0.2) is 0 Å². The molecule has 2 atom stereocenters. The van der Waals surface area contributed by atoms with Crippen LogP contribution in [-0.2, 0) is 19.2 Å². The fourth-order valence-corrected chi connectivity index (χ4v) is 4.88. The van der Waals surface area contributed by atoms with Crippen molar-refractivity contribution in [2.75, 3.05) is 137 Å². The number of amides is 4. The van der Waals surface area contributed by atoms with E-state index >= 15 is 0 Å². The number of carbonyl (C=O) groups excluding carboxylic acids is 4. The van der Waals surface area contributed by atoms with Crippen molar-refractivity contribution in [1.82, 2.24) is 21.3 Å². The van der Waals surface area contributed by atoms with E-state index in [-0.39, 0.29) is 95.9 Å². The van der Waals surface area contributed by atoms with E-state index < -0.39 is 0 Å². The maximum Gasteiger partial charge on any atom is 0.225 e. The molecule has 0 fully saturated rings. The zero-order valence-electron chi connectivity index (χ0n) is 45.8. The molecule has 0 rings (SSSR count). The number of rotatable bonds is 26. The average molecular weight is 1000 g/mol. The van der Waals surface area contributed by atoms with Gasteiger partial charge in [-0.1, -0.05) is 69.2 Å². The van der Waals surface area contributed by atoms with E-state index in [0.717, 1.165) is 122 Å². The third-order valence-corrected chi connectivity index (χ3v) is 10.8. The quantitative estimate of drug-likeness (QED) is 0.0513. The fraction of sp³-hybridized carbons (Fsp3) is 0.917. The lowest BCUT2D eigenvalue weighted by Crippen LogP contribution is -3.00. The fourth-order valence-electron chi connectivity index (χ4n) is 4.88. The first-order valence-corrected chi connectivity index (χ1v) is 23.4. The van der Waals surface area contributed by atoms with Crippen LogP contribution in [0, 0.1) is 22.7 Å². The third-order valence-electron chi connectivity index (χ3n) is 10.8. The molecule has 0 aromatic heterocycles. The monoisotopic (exact) mass is 1000 g/mol. The van der Waals surface area contributed by atoms with E-state index in [2.05, 4.69) is 113 Å². The molecule has 0 saturated heterocycles. The van der Waals surface area contributed by atoms with Crippen molar-refractivity contribution < 1.29 is 86.7 Å². The second-order valence-corrected chi connectivity index (χ2v) is 22.4. The van der Waals surface area contributed by atoms with Crippen molar-refractivity contribution in [3.05, 3.63) is 0 Å². The van der Waals surface area contributed by atoms with Gasteiger partial charge in [0.25, 0.3) is 0 Å². The van der Waals surface area contributed by atoms with Crippen LogP contribution in [0.2, 0.25) is 0 Å². The minimum atomic E-state index is -0.226. The molecule has 0 aliphatic heterocycles. The van der Waals surface area contributed by atoms with Crippen LogP contribution in [0.25, 0.3) is 0 Å². The van der Waals surface area contributed by atoms with Gasteiger partial charge in [0.05, 0.1) is 111 Å². The Labute approximate surface area is 422 Å². The van der Waals surface area contributed by atoms with Gasteiger partial charge in [0, 0.05) is 61.7 Å². The standard InChI is InChI=1S/C13H28N2O.2C12H26N2O.C11H24N2O.4ClH/c1-7-13(2,3)12(16)14-10-8-9-11-15(4,5)6;1-7-12(2,3)11(15)13-9-8-10-14(4,5)6;1-6-11(2)12(15)13-9-7-8-10-14(3,4)5;1-6-10(2)11(14)12-8-7-9-13(3,4)5;;;;/h7-11H2,1-6H3;7-10H2,1-6H3;11H,6-10H2,1-5H3;10H,6-9H2,1-5H3;4*1H. The van der Waals surface area contributed by atoms with Crippen LogP contribution in [0.15, 0.2) is 0 Å². The van der Waals surface area contributed by atoms with Crippen molar-refractivity contribution >= 4 is 23.6 Å². The summed E-state index contributed by atoms with van der Waals surface area (Å²) >= 11 is 0. The number of hydrogen-bond donors (Lipinski definition) is 4. The lowest BCUT2D eigenvalue weighted by Gasteiger charge is -2.25. The highest BCUT2D eigenvalue weighted by molar-refractivity contribution is 5.82. The first-order chi connectivity index (χ1) is 27.1. The predicted molar refractivity (Wildman–Crippen MR) is 258 cm³/mol. The Balaban J connectivity index is -0.000000107. The van der Waals surface area contributed by atoms with E-state index in [4.69, 9.17) is 0 Å². The molecule has 0 radical (unpaired) electrons. The van der Waals surface area contributed by atoms with Crippen LogP contribution in [0.4, 0.5) is 0 Å². The van der Waals surface area contributed by atoms with Gasteiger partial charge in [-0.3, -0.25) is 19.2 Å². The summed E-state index contributed by atoms with van der Waals surface area (Å²) in [4.78, 5) is 46.2. The molecule has 0 aliphatic carbocycles. The molecular weight excluding hydrogens is 894 g/mol. The molecule has 16 heteroatoms. The summed E-state index contributed by atoms with van der Waals surface area (Å²) in [7, 11) is 26.1. The summed E-state index contributed by atoms with van der Waals surface area (Å²) in [6, 6.07) is 0. The second kappa shape index (κ2) is 40.9. The molecule has 0 bridgehead atoms. The number of nitrogens with zero attached hydrogens (tertiary/aromatic N) is 4.